The molecule has 90 valence electrons. The van der Waals surface area contributed by atoms with E-state index in [-0.39, 0.29) is 5.91 Å². The van der Waals surface area contributed by atoms with Crippen LogP contribution < -0.4 is 16.4 Å². The van der Waals surface area contributed by atoms with Crippen molar-refractivity contribution in [2.75, 3.05) is 5.32 Å². The van der Waals surface area contributed by atoms with Crippen LogP contribution in [0, 0.1) is 6.92 Å². The van der Waals surface area contributed by atoms with Crippen molar-refractivity contribution in [3.05, 3.63) is 29.3 Å². The van der Waals surface area contributed by atoms with E-state index in [0.717, 1.165) is 16.8 Å². The molecule has 1 aromatic rings. The predicted octanol–water partition coefficient (Wildman–Crippen LogP) is 0.452. The van der Waals surface area contributed by atoms with Crippen molar-refractivity contribution in [2.45, 2.75) is 25.9 Å². The standard InChI is InChI=1S/C12H15N3O2/c1-6-3-4-9-8(5-6)10(12(17)15-9)14-7(2)11(13)16/h3-5,7,10,14H,1-2H3,(H2,13,16)(H,15,17). The van der Waals surface area contributed by atoms with Gasteiger partial charge in [-0.05, 0) is 19.9 Å². The maximum absolute atomic E-state index is 11.8. The summed E-state index contributed by atoms with van der Waals surface area (Å²) in [7, 11) is 0. The first-order chi connectivity index (χ1) is 7.99. The Kier molecular flexibility index (Phi) is 2.85. The van der Waals surface area contributed by atoms with E-state index in [1.165, 1.54) is 0 Å². The van der Waals surface area contributed by atoms with E-state index in [2.05, 4.69) is 10.6 Å². The summed E-state index contributed by atoms with van der Waals surface area (Å²) < 4.78 is 0. The van der Waals surface area contributed by atoms with Crippen LogP contribution in [0.3, 0.4) is 0 Å². The normalized spacial score (nSPS) is 19.6. The van der Waals surface area contributed by atoms with Crippen LogP contribution in [-0.2, 0) is 9.59 Å². The Morgan fingerprint density at radius 3 is 2.88 bits per heavy atom. The molecule has 2 atom stereocenters. The lowest BCUT2D eigenvalue weighted by Crippen LogP contribution is -2.42. The van der Waals surface area contributed by atoms with Gasteiger partial charge in [0.1, 0.15) is 6.04 Å². The molecule has 1 aliphatic rings. The highest BCUT2D eigenvalue weighted by Gasteiger charge is 2.32. The van der Waals surface area contributed by atoms with Crippen molar-refractivity contribution < 1.29 is 9.59 Å². The fourth-order valence-corrected chi connectivity index (χ4v) is 1.88. The number of hydrogen-bond acceptors (Lipinski definition) is 3. The van der Waals surface area contributed by atoms with Gasteiger partial charge in [-0.25, -0.2) is 0 Å². The molecule has 1 heterocycles. The summed E-state index contributed by atoms with van der Waals surface area (Å²) in [5.41, 5.74) is 7.90. The van der Waals surface area contributed by atoms with Crippen LogP contribution in [0.25, 0.3) is 0 Å². The van der Waals surface area contributed by atoms with Gasteiger partial charge in [0.2, 0.25) is 11.8 Å². The third-order valence-corrected chi connectivity index (χ3v) is 2.88. The molecule has 0 radical (unpaired) electrons. The second kappa shape index (κ2) is 4.18. The lowest BCUT2D eigenvalue weighted by molar-refractivity contribution is -0.121. The van der Waals surface area contributed by atoms with Crippen LogP contribution in [0.15, 0.2) is 18.2 Å². The highest BCUT2D eigenvalue weighted by molar-refractivity contribution is 6.03. The zero-order valence-electron chi connectivity index (χ0n) is 9.78. The zero-order chi connectivity index (χ0) is 12.6. The highest BCUT2D eigenvalue weighted by Crippen LogP contribution is 2.31. The lowest BCUT2D eigenvalue weighted by atomic mass is 10.0. The number of benzene rings is 1. The summed E-state index contributed by atoms with van der Waals surface area (Å²) in [5, 5.41) is 5.69. The summed E-state index contributed by atoms with van der Waals surface area (Å²) in [6.45, 7) is 3.60. The summed E-state index contributed by atoms with van der Waals surface area (Å²) in [6.07, 6.45) is 0. The molecule has 2 rings (SSSR count). The number of hydrogen-bond donors (Lipinski definition) is 3. The molecule has 0 fully saturated rings. The molecule has 0 saturated carbocycles. The number of carbonyl (C=O) groups is 2. The molecule has 0 aromatic heterocycles. The van der Waals surface area contributed by atoms with Gasteiger partial charge in [0.15, 0.2) is 0 Å². The Labute approximate surface area is 99.4 Å². The number of aryl methyl sites for hydroxylation is 1. The summed E-state index contributed by atoms with van der Waals surface area (Å²) >= 11 is 0. The van der Waals surface area contributed by atoms with Crippen LogP contribution in [0.4, 0.5) is 5.69 Å². The van der Waals surface area contributed by atoms with Gasteiger partial charge in [-0.2, -0.15) is 0 Å². The Morgan fingerprint density at radius 1 is 1.53 bits per heavy atom. The molecule has 2 amide bonds. The number of nitrogens with two attached hydrogens (primary N) is 1. The number of nitrogens with one attached hydrogen (secondary N) is 2. The van der Waals surface area contributed by atoms with Gasteiger partial charge in [0.05, 0.1) is 6.04 Å². The van der Waals surface area contributed by atoms with Crippen LogP contribution in [0.2, 0.25) is 0 Å². The first-order valence-electron chi connectivity index (χ1n) is 5.46. The van der Waals surface area contributed by atoms with E-state index in [1.54, 1.807) is 6.92 Å². The number of rotatable bonds is 3. The Morgan fingerprint density at radius 2 is 2.24 bits per heavy atom. The quantitative estimate of drug-likeness (QED) is 0.708. The molecule has 0 saturated heterocycles. The maximum atomic E-state index is 11.8. The summed E-state index contributed by atoms with van der Waals surface area (Å²) in [5.74, 6) is -0.627. The van der Waals surface area contributed by atoms with Crippen molar-refractivity contribution in [2.24, 2.45) is 5.73 Å². The van der Waals surface area contributed by atoms with E-state index in [0.29, 0.717) is 0 Å². The minimum absolute atomic E-state index is 0.154. The van der Waals surface area contributed by atoms with Crippen LogP contribution >= 0.6 is 0 Å². The van der Waals surface area contributed by atoms with Crippen molar-refractivity contribution in [1.29, 1.82) is 0 Å². The summed E-state index contributed by atoms with van der Waals surface area (Å²) in [4.78, 5) is 22.8. The highest BCUT2D eigenvalue weighted by atomic mass is 16.2. The molecule has 1 aromatic carbocycles. The second-order valence-electron chi connectivity index (χ2n) is 4.30. The molecule has 5 nitrogen and oxygen atoms in total. The molecule has 17 heavy (non-hydrogen) atoms. The second-order valence-corrected chi connectivity index (χ2v) is 4.30. The molecule has 0 bridgehead atoms. The molecule has 4 N–H and O–H groups in total. The van der Waals surface area contributed by atoms with E-state index < -0.39 is 18.0 Å². The minimum Gasteiger partial charge on any atom is -0.368 e. The van der Waals surface area contributed by atoms with Crippen molar-refractivity contribution >= 4 is 17.5 Å². The van der Waals surface area contributed by atoms with Crippen molar-refractivity contribution in [1.82, 2.24) is 5.32 Å². The van der Waals surface area contributed by atoms with Gasteiger partial charge in [0.25, 0.3) is 0 Å². The molecule has 1 aliphatic heterocycles. The largest absolute Gasteiger partial charge is 0.368 e. The molecular formula is C12H15N3O2. The smallest absolute Gasteiger partial charge is 0.246 e. The predicted molar refractivity (Wildman–Crippen MR) is 64.3 cm³/mol. The van der Waals surface area contributed by atoms with Gasteiger partial charge >= 0.3 is 0 Å². The van der Waals surface area contributed by atoms with Gasteiger partial charge in [-0.1, -0.05) is 17.7 Å². The Bertz CT molecular complexity index is 485. The third kappa shape index (κ3) is 2.14. The average molecular weight is 233 g/mol. The maximum Gasteiger partial charge on any atom is 0.246 e. The molecule has 2 unspecified atom stereocenters. The lowest BCUT2D eigenvalue weighted by Gasteiger charge is -2.15. The monoisotopic (exact) mass is 233 g/mol. The van der Waals surface area contributed by atoms with Gasteiger partial charge in [-0.15, -0.1) is 0 Å². The van der Waals surface area contributed by atoms with E-state index in [9.17, 15) is 9.59 Å². The summed E-state index contributed by atoms with van der Waals surface area (Å²) in [6, 6.07) is 4.67. The van der Waals surface area contributed by atoms with Crippen LogP contribution in [0.5, 0.6) is 0 Å². The van der Waals surface area contributed by atoms with E-state index in [4.69, 9.17) is 5.73 Å². The average Bonchev–Trinajstić information content (AvgIpc) is 2.55. The number of amides is 2. The first-order valence-corrected chi connectivity index (χ1v) is 5.46. The van der Waals surface area contributed by atoms with Gasteiger partial charge < -0.3 is 11.1 Å². The van der Waals surface area contributed by atoms with Crippen molar-refractivity contribution in [3.8, 4) is 0 Å². The van der Waals surface area contributed by atoms with E-state index >= 15 is 0 Å². The van der Waals surface area contributed by atoms with Crippen molar-refractivity contribution in [3.63, 3.8) is 0 Å². The topological polar surface area (TPSA) is 84.2 Å². The fourth-order valence-electron chi connectivity index (χ4n) is 1.88. The number of carbonyl (C=O) groups excluding carboxylic acids is 2. The minimum atomic E-state index is -0.544. The number of fused-ring (bicyclic) bond motifs is 1. The zero-order valence-corrected chi connectivity index (χ0v) is 9.78. The molecule has 5 heteroatoms. The van der Waals surface area contributed by atoms with Crippen LogP contribution in [0.1, 0.15) is 24.1 Å². The SMILES string of the molecule is Cc1ccc2c(c1)C(NC(C)C(N)=O)C(=O)N2. The molecular weight excluding hydrogens is 218 g/mol. The number of primary amides is 1. The van der Waals surface area contributed by atoms with Gasteiger partial charge in [0, 0.05) is 11.3 Å². The fraction of sp³-hybridized carbons (Fsp3) is 0.333. The Hall–Kier alpha value is -1.88. The third-order valence-electron chi connectivity index (χ3n) is 2.88. The molecule has 0 spiro atoms. The van der Waals surface area contributed by atoms with Gasteiger partial charge in [-0.3, -0.25) is 14.9 Å². The first kappa shape index (κ1) is 11.6. The number of anilines is 1. The van der Waals surface area contributed by atoms with E-state index in [1.807, 2.05) is 25.1 Å². The van der Waals surface area contributed by atoms with Crippen LogP contribution in [-0.4, -0.2) is 17.9 Å². The molecule has 0 aliphatic carbocycles. The Balaban J connectivity index is 2.28.